The van der Waals surface area contributed by atoms with E-state index in [9.17, 15) is 18.0 Å². The molecule has 0 spiro atoms. The van der Waals surface area contributed by atoms with Gasteiger partial charge in [-0.2, -0.15) is 13.2 Å². The van der Waals surface area contributed by atoms with Crippen LogP contribution in [-0.2, 0) is 6.18 Å². The maximum Gasteiger partial charge on any atom is 0.416 e. The molecule has 0 unspecified atom stereocenters. The molecule has 0 aliphatic carbocycles. The zero-order chi connectivity index (χ0) is 22.1. The van der Waals surface area contributed by atoms with E-state index in [4.69, 9.17) is 32.7 Å². The highest BCUT2D eigenvalue weighted by Crippen LogP contribution is 2.30. The number of halogens is 6. The third-order valence-corrected chi connectivity index (χ3v) is 4.66. The average molecular weight is 527 g/mol. The maximum atomic E-state index is 12.5. The summed E-state index contributed by atoms with van der Waals surface area (Å²) in [5.41, 5.74) is -0.636. The Labute approximate surface area is 190 Å². The van der Waals surface area contributed by atoms with Crippen molar-refractivity contribution < 1.29 is 27.4 Å². The summed E-state index contributed by atoms with van der Waals surface area (Å²) in [7, 11) is 0. The van der Waals surface area contributed by atoms with Crippen LogP contribution >= 0.6 is 39.1 Å². The van der Waals surface area contributed by atoms with Gasteiger partial charge in [0.05, 0.1) is 16.6 Å². The van der Waals surface area contributed by atoms with Crippen molar-refractivity contribution >= 4 is 45.0 Å². The number of alkyl halides is 3. The molecule has 0 bridgehead atoms. The number of benzene rings is 2. The number of carbonyl (C=O) groups excluding carboxylic acids is 1. The van der Waals surface area contributed by atoms with Crippen molar-refractivity contribution in [1.82, 2.24) is 5.32 Å². The van der Waals surface area contributed by atoms with Crippen molar-refractivity contribution in [1.29, 1.82) is 0 Å². The van der Waals surface area contributed by atoms with Crippen molar-refractivity contribution in [2.75, 3.05) is 19.8 Å². The largest absolute Gasteiger partial charge is 0.493 e. The predicted molar refractivity (Wildman–Crippen MR) is 113 cm³/mol. The summed E-state index contributed by atoms with van der Waals surface area (Å²) in [6.45, 7) is 0.873. The summed E-state index contributed by atoms with van der Waals surface area (Å²) >= 11 is 14.4. The molecular weight excluding hydrogens is 510 g/mol. The van der Waals surface area contributed by atoms with Gasteiger partial charge < -0.3 is 14.8 Å². The van der Waals surface area contributed by atoms with Crippen LogP contribution in [0.4, 0.5) is 13.2 Å². The van der Waals surface area contributed by atoms with Crippen LogP contribution in [0.5, 0.6) is 11.5 Å². The Morgan fingerprint density at radius 2 is 1.80 bits per heavy atom. The van der Waals surface area contributed by atoms with Gasteiger partial charge >= 0.3 is 6.18 Å². The normalized spacial score (nSPS) is 11.0. The molecule has 0 fully saturated rings. The lowest BCUT2D eigenvalue weighted by Gasteiger charge is -2.11. The summed E-state index contributed by atoms with van der Waals surface area (Å²) in [5, 5.41) is 2.64. The molecule has 162 valence electrons. The molecule has 0 aromatic heterocycles. The van der Waals surface area contributed by atoms with Crippen LogP contribution in [0, 0.1) is 0 Å². The van der Waals surface area contributed by atoms with E-state index in [0.29, 0.717) is 35.5 Å². The SMILES string of the molecule is O=C(NCCCOc1ccc(OCC=C(Cl)Cl)c(Br)c1)c1ccc(C(F)(F)F)cc1. The first-order valence-electron chi connectivity index (χ1n) is 8.68. The Balaban J connectivity index is 1.73. The molecule has 0 atom stereocenters. The molecule has 0 saturated heterocycles. The molecule has 30 heavy (non-hydrogen) atoms. The van der Waals surface area contributed by atoms with Crippen LogP contribution in [0.1, 0.15) is 22.3 Å². The summed E-state index contributed by atoms with van der Waals surface area (Å²) in [5.74, 6) is 0.755. The number of amides is 1. The second-order valence-electron chi connectivity index (χ2n) is 5.93. The van der Waals surface area contributed by atoms with E-state index in [1.54, 1.807) is 18.2 Å². The summed E-state index contributed by atoms with van der Waals surface area (Å²) in [6.07, 6.45) is -2.40. The zero-order valence-corrected chi connectivity index (χ0v) is 18.5. The third-order valence-electron chi connectivity index (χ3n) is 3.73. The molecule has 10 heteroatoms. The van der Waals surface area contributed by atoms with Crippen molar-refractivity contribution in [3.63, 3.8) is 0 Å². The molecular formula is C20H17BrCl2F3NO3. The van der Waals surface area contributed by atoms with Crippen LogP contribution in [-0.4, -0.2) is 25.7 Å². The lowest BCUT2D eigenvalue weighted by atomic mass is 10.1. The first-order valence-corrected chi connectivity index (χ1v) is 10.2. The Morgan fingerprint density at radius 1 is 1.10 bits per heavy atom. The third kappa shape index (κ3) is 8.08. The van der Waals surface area contributed by atoms with Gasteiger partial charge in [0.2, 0.25) is 0 Å². The summed E-state index contributed by atoms with van der Waals surface area (Å²) in [6, 6.07) is 9.24. The Hall–Kier alpha value is -1.90. The highest BCUT2D eigenvalue weighted by molar-refractivity contribution is 9.10. The van der Waals surface area contributed by atoms with E-state index >= 15 is 0 Å². The second-order valence-corrected chi connectivity index (χ2v) is 7.79. The molecule has 0 saturated carbocycles. The Bertz CT molecular complexity index is 886. The van der Waals surface area contributed by atoms with Crippen LogP contribution in [0.25, 0.3) is 0 Å². The van der Waals surface area contributed by atoms with E-state index in [1.807, 2.05) is 0 Å². The minimum absolute atomic E-state index is 0.122. The van der Waals surface area contributed by atoms with Crippen molar-refractivity contribution in [3.05, 3.63) is 68.6 Å². The van der Waals surface area contributed by atoms with Gasteiger partial charge in [-0.05, 0) is 70.9 Å². The quantitative estimate of drug-likeness (QED) is 0.386. The minimum Gasteiger partial charge on any atom is -0.493 e. The van der Waals surface area contributed by atoms with Crippen LogP contribution in [0.2, 0.25) is 0 Å². The van der Waals surface area contributed by atoms with Gasteiger partial charge in [0.25, 0.3) is 5.91 Å². The second kappa shape index (κ2) is 11.5. The predicted octanol–water partition coefficient (Wildman–Crippen LogP) is 6.36. The van der Waals surface area contributed by atoms with Crippen molar-refractivity contribution in [3.8, 4) is 11.5 Å². The topological polar surface area (TPSA) is 47.6 Å². The van der Waals surface area contributed by atoms with E-state index < -0.39 is 17.6 Å². The van der Waals surface area contributed by atoms with E-state index in [0.717, 1.165) is 24.3 Å². The number of nitrogens with one attached hydrogen (secondary N) is 1. The molecule has 0 heterocycles. The van der Waals surface area contributed by atoms with Crippen LogP contribution in [0.3, 0.4) is 0 Å². The lowest BCUT2D eigenvalue weighted by molar-refractivity contribution is -0.137. The van der Waals surface area contributed by atoms with E-state index in [-0.39, 0.29) is 16.7 Å². The van der Waals surface area contributed by atoms with Gasteiger partial charge in [0, 0.05) is 12.1 Å². The summed E-state index contributed by atoms with van der Waals surface area (Å²) < 4.78 is 49.5. The van der Waals surface area contributed by atoms with Crippen molar-refractivity contribution in [2.45, 2.75) is 12.6 Å². The van der Waals surface area contributed by atoms with E-state index in [1.165, 1.54) is 6.08 Å². The highest BCUT2D eigenvalue weighted by atomic mass is 79.9. The van der Waals surface area contributed by atoms with Crippen LogP contribution < -0.4 is 14.8 Å². The first-order chi connectivity index (χ1) is 14.2. The van der Waals surface area contributed by atoms with Gasteiger partial charge in [-0.25, -0.2) is 0 Å². The Kier molecular flexibility index (Phi) is 9.33. The molecule has 2 aromatic carbocycles. The fourth-order valence-electron chi connectivity index (χ4n) is 2.26. The molecule has 0 aliphatic heterocycles. The van der Waals surface area contributed by atoms with Gasteiger partial charge in [-0.3, -0.25) is 4.79 Å². The maximum absolute atomic E-state index is 12.5. The molecule has 0 radical (unpaired) electrons. The van der Waals surface area contributed by atoms with Gasteiger partial charge in [-0.15, -0.1) is 0 Å². The molecule has 2 rings (SSSR count). The summed E-state index contributed by atoms with van der Waals surface area (Å²) in [4.78, 5) is 12.0. The molecule has 1 amide bonds. The number of hydrogen-bond donors (Lipinski definition) is 1. The van der Waals surface area contributed by atoms with Gasteiger partial charge in [0.1, 0.15) is 22.6 Å². The highest BCUT2D eigenvalue weighted by Gasteiger charge is 2.30. The Morgan fingerprint density at radius 3 is 2.40 bits per heavy atom. The number of rotatable bonds is 9. The van der Waals surface area contributed by atoms with E-state index in [2.05, 4.69) is 21.2 Å². The zero-order valence-electron chi connectivity index (χ0n) is 15.4. The minimum atomic E-state index is -4.43. The monoisotopic (exact) mass is 525 g/mol. The molecule has 4 nitrogen and oxygen atoms in total. The molecule has 1 N–H and O–H groups in total. The van der Waals surface area contributed by atoms with Gasteiger partial charge in [0.15, 0.2) is 0 Å². The number of hydrogen-bond acceptors (Lipinski definition) is 3. The standard InChI is InChI=1S/C20H17BrCl2F3NO3/c21-16-12-15(6-7-17(16)30-11-8-18(22)23)29-10-1-9-27-19(28)13-2-4-14(5-3-13)20(24,25)26/h2-8,12H,1,9-11H2,(H,27,28). The average Bonchev–Trinajstić information content (AvgIpc) is 2.68. The first kappa shape index (κ1) is 24.4. The fraction of sp³-hybridized carbons (Fsp3) is 0.250. The van der Waals surface area contributed by atoms with Gasteiger partial charge in [-0.1, -0.05) is 23.2 Å². The molecule has 2 aromatic rings. The number of carbonyl (C=O) groups is 1. The smallest absolute Gasteiger partial charge is 0.416 e. The van der Waals surface area contributed by atoms with Crippen molar-refractivity contribution in [2.24, 2.45) is 0 Å². The molecule has 0 aliphatic rings. The lowest BCUT2D eigenvalue weighted by Crippen LogP contribution is -2.25. The van der Waals surface area contributed by atoms with Crippen LogP contribution in [0.15, 0.2) is 57.5 Å². The number of ether oxygens (including phenoxy) is 2. The fourth-order valence-corrected chi connectivity index (χ4v) is 2.86.